The lowest BCUT2D eigenvalue weighted by molar-refractivity contribution is -0.163. The van der Waals surface area contributed by atoms with Gasteiger partial charge in [0.1, 0.15) is 42.1 Å². The summed E-state index contributed by atoms with van der Waals surface area (Å²) in [6.07, 6.45) is -3.34. The highest BCUT2D eigenvalue weighted by Crippen LogP contribution is 2.26. The van der Waals surface area contributed by atoms with Gasteiger partial charge in [-0.1, -0.05) is 73.9 Å². The Labute approximate surface area is 407 Å². The van der Waals surface area contributed by atoms with Gasteiger partial charge < -0.3 is 50.0 Å². The third-order valence-corrected chi connectivity index (χ3v) is 13.1. The summed E-state index contributed by atoms with van der Waals surface area (Å²) in [5, 5.41) is 19.8. The summed E-state index contributed by atoms with van der Waals surface area (Å²) in [6, 6.07) is -0.622. The van der Waals surface area contributed by atoms with E-state index < -0.39 is 126 Å². The third kappa shape index (κ3) is 15.7. The highest BCUT2D eigenvalue weighted by molar-refractivity contribution is 6.05. The molecule has 19 nitrogen and oxygen atoms in total. The molecule has 2 saturated heterocycles. The maximum Gasteiger partial charge on any atom is 0.329 e. The summed E-state index contributed by atoms with van der Waals surface area (Å²) >= 11 is 0. The second kappa shape index (κ2) is 26.4. The number of methoxy groups -OCH3 is 1. The molecular weight excluding hydrogens is 893 g/mol. The molecule has 0 bridgehead atoms. The standard InChI is InChI=1S/C50H78N6O13/c1-14-30(8)41-39(58)25-40(59)69-44(29(6)7)43(60)31(9)45(61)51-35(22-27(2)3)48(64)56-21-15-16-36(56)49(65)55(12)38(24-33-17-19-34(67-13)20-18-33)50(66)68-32(10)42(47(63)52-41)53-46(62)37(23-28(4)5)54(11)26-57/h17-20,26-32,35-39,41-42,44,58H,14-16,21-25H2,1-13H3,(H,51,61)(H,52,63)(H,53,62)/t30-,31-,32+,35-,36-,37+,38-,39-,41-,42+,44-/m0/s1. The number of carbonyl (C=O) groups is 9. The number of fused-ring (bicyclic) bond motifs is 1. The lowest BCUT2D eigenvalue weighted by atomic mass is 9.91. The fourth-order valence-corrected chi connectivity index (χ4v) is 8.69. The molecule has 0 aliphatic carbocycles. The number of aliphatic hydroxyl groups excluding tert-OH is 1. The predicted molar refractivity (Wildman–Crippen MR) is 255 cm³/mol. The van der Waals surface area contributed by atoms with Crippen molar-refractivity contribution in [2.75, 3.05) is 27.7 Å². The Morgan fingerprint density at radius 1 is 0.942 bits per heavy atom. The monoisotopic (exact) mass is 971 g/mol. The first-order valence-corrected chi connectivity index (χ1v) is 24.3. The number of Topliss-reactive ketones (excluding diaryl/α,β-unsaturated/α-hetero) is 1. The topological polar surface area (TPSA) is 247 Å². The van der Waals surface area contributed by atoms with Gasteiger partial charge in [0.2, 0.25) is 35.9 Å². The molecule has 0 aromatic heterocycles. The van der Waals surface area contributed by atoms with Gasteiger partial charge in [0.15, 0.2) is 11.9 Å². The minimum atomic E-state index is -1.65. The number of carbonyl (C=O) groups excluding carboxylic acids is 9. The Balaban J connectivity index is 2.26. The van der Waals surface area contributed by atoms with Crippen LogP contribution in [0.1, 0.15) is 113 Å². The van der Waals surface area contributed by atoms with Crippen molar-refractivity contribution in [3.63, 3.8) is 0 Å². The lowest BCUT2D eigenvalue weighted by Crippen LogP contribution is -2.61. The number of cyclic esters (lactones) is 2. The molecule has 2 heterocycles. The number of hydrogen-bond donors (Lipinski definition) is 4. The van der Waals surface area contributed by atoms with Crippen LogP contribution in [0.2, 0.25) is 0 Å². The molecule has 0 radical (unpaired) electrons. The number of ether oxygens (including phenoxy) is 3. The van der Waals surface area contributed by atoms with E-state index in [1.165, 1.54) is 44.9 Å². The lowest BCUT2D eigenvalue weighted by Gasteiger charge is -2.35. The van der Waals surface area contributed by atoms with E-state index in [0.717, 1.165) is 4.90 Å². The first kappa shape index (κ1) is 57.7. The van der Waals surface area contributed by atoms with E-state index in [4.69, 9.17) is 14.2 Å². The Hall–Kier alpha value is -5.59. The van der Waals surface area contributed by atoms with Crippen molar-refractivity contribution in [1.29, 1.82) is 0 Å². The van der Waals surface area contributed by atoms with Gasteiger partial charge in [-0.15, -0.1) is 0 Å². The number of benzene rings is 1. The van der Waals surface area contributed by atoms with Gasteiger partial charge in [-0.05, 0) is 80.9 Å². The van der Waals surface area contributed by atoms with Crippen LogP contribution in [-0.2, 0) is 59.0 Å². The van der Waals surface area contributed by atoms with Gasteiger partial charge in [0.05, 0.1) is 31.6 Å². The summed E-state index contributed by atoms with van der Waals surface area (Å²) in [4.78, 5) is 130. The molecule has 19 heteroatoms. The Morgan fingerprint density at radius 2 is 1.58 bits per heavy atom. The van der Waals surface area contributed by atoms with Crippen LogP contribution in [0.25, 0.3) is 0 Å². The first-order chi connectivity index (χ1) is 32.4. The quantitative estimate of drug-likeness (QED) is 0.119. The molecule has 0 unspecified atom stereocenters. The van der Waals surface area contributed by atoms with E-state index in [0.29, 0.717) is 30.6 Å². The highest BCUT2D eigenvalue weighted by Gasteiger charge is 2.44. The molecule has 386 valence electrons. The van der Waals surface area contributed by atoms with Gasteiger partial charge in [-0.3, -0.25) is 38.4 Å². The summed E-state index contributed by atoms with van der Waals surface area (Å²) in [7, 11) is 4.33. The van der Waals surface area contributed by atoms with E-state index in [1.807, 2.05) is 27.7 Å². The number of likely N-dealkylation sites (N-methyl/N-ethyl adjacent to an activating group) is 2. The van der Waals surface area contributed by atoms with Crippen molar-refractivity contribution in [3.05, 3.63) is 29.8 Å². The molecule has 0 spiro atoms. The molecule has 1 aromatic rings. The minimum absolute atomic E-state index is 0.0710. The van der Waals surface area contributed by atoms with Crippen LogP contribution in [0.3, 0.4) is 0 Å². The summed E-state index contributed by atoms with van der Waals surface area (Å²) in [6.45, 7) is 17.1. The molecule has 6 amide bonds. The predicted octanol–water partition coefficient (Wildman–Crippen LogP) is 2.57. The molecule has 2 aliphatic rings. The molecule has 4 N–H and O–H groups in total. The van der Waals surface area contributed by atoms with Crippen molar-refractivity contribution >= 4 is 53.7 Å². The van der Waals surface area contributed by atoms with Crippen LogP contribution >= 0.6 is 0 Å². The third-order valence-electron chi connectivity index (χ3n) is 13.1. The van der Waals surface area contributed by atoms with Crippen LogP contribution < -0.4 is 20.7 Å². The van der Waals surface area contributed by atoms with E-state index in [2.05, 4.69) is 16.0 Å². The summed E-state index contributed by atoms with van der Waals surface area (Å²) in [5.41, 5.74) is 0.602. The van der Waals surface area contributed by atoms with Crippen LogP contribution in [0, 0.1) is 29.6 Å². The SMILES string of the molecule is CC[C@H](C)[C@@H]1NC(=O)[C@H](NC(=O)[C@@H](CC(C)C)N(C)C=O)[C@@H](C)OC(=O)[C@H](Cc2ccc(OC)cc2)N(C)C(=O)[C@@H]2CCCN2C(=O)[C@H](CC(C)C)NC(=O)[C@@H](C)C(=O)[C@H](C(C)C)OC(=O)C[C@@H]1O. The molecular formula is C50H78N6O13. The van der Waals surface area contributed by atoms with Gasteiger partial charge in [-0.25, -0.2) is 4.79 Å². The summed E-state index contributed by atoms with van der Waals surface area (Å²) < 4.78 is 17.1. The molecule has 3 rings (SSSR count). The number of nitrogens with one attached hydrogen (secondary N) is 3. The molecule has 11 atom stereocenters. The number of ketones is 1. The molecule has 0 saturated carbocycles. The largest absolute Gasteiger partial charge is 0.497 e. The number of amides is 6. The van der Waals surface area contributed by atoms with Gasteiger partial charge in [0.25, 0.3) is 0 Å². The smallest absolute Gasteiger partial charge is 0.329 e. The molecule has 1 aromatic carbocycles. The van der Waals surface area contributed by atoms with Crippen LogP contribution in [-0.4, -0.2) is 156 Å². The zero-order valence-corrected chi connectivity index (χ0v) is 42.8. The Morgan fingerprint density at radius 3 is 2.13 bits per heavy atom. The number of rotatable bonds is 14. The van der Waals surface area contributed by atoms with Crippen molar-refractivity contribution in [3.8, 4) is 5.75 Å². The minimum Gasteiger partial charge on any atom is -0.497 e. The number of hydrogen-bond acceptors (Lipinski definition) is 13. The zero-order chi connectivity index (χ0) is 52.0. The molecule has 2 fully saturated rings. The number of esters is 2. The fourth-order valence-electron chi connectivity index (χ4n) is 8.69. The highest BCUT2D eigenvalue weighted by atomic mass is 16.6. The van der Waals surface area contributed by atoms with Gasteiger partial charge >= 0.3 is 11.9 Å². The van der Waals surface area contributed by atoms with Crippen LogP contribution in [0.4, 0.5) is 0 Å². The van der Waals surface area contributed by atoms with E-state index in [9.17, 15) is 48.3 Å². The normalized spacial score (nSPS) is 27.3. The maximum atomic E-state index is 14.7. The molecule has 69 heavy (non-hydrogen) atoms. The zero-order valence-electron chi connectivity index (χ0n) is 42.8. The fraction of sp³-hybridized carbons (Fsp3) is 0.700. The van der Waals surface area contributed by atoms with Gasteiger partial charge in [0, 0.05) is 27.1 Å². The van der Waals surface area contributed by atoms with Crippen molar-refractivity contribution in [2.24, 2.45) is 29.6 Å². The van der Waals surface area contributed by atoms with Crippen LogP contribution in [0.15, 0.2) is 24.3 Å². The van der Waals surface area contributed by atoms with Crippen molar-refractivity contribution in [2.45, 2.75) is 169 Å². The van der Waals surface area contributed by atoms with Crippen LogP contribution in [0.5, 0.6) is 5.75 Å². The first-order valence-electron chi connectivity index (χ1n) is 24.3. The number of aliphatic hydroxyl groups is 1. The Bertz CT molecular complexity index is 1960. The van der Waals surface area contributed by atoms with Crippen molar-refractivity contribution < 1.29 is 62.5 Å². The van der Waals surface area contributed by atoms with E-state index in [1.54, 1.807) is 52.0 Å². The van der Waals surface area contributed by atoms with E-state index >= 15 is 0 Å². The van der Waals surface area contributed by atoms with Crippen molar-refractivity contribution in [1.82, 2.24) is 30.7 Å². The Kier molecular flexibility index (Phi) is 22.1. The second-order valence-electron chi connectivity index (χ2n) is 19.9. The average molecular weight is 971 g/mol. The summed E-state index contributed by atoms with van der Waals surface area (Å²) in [5.74, 6) is -8.41. The maximum absolute atomic E-state index is 14.7. The average Bonchev–Trinajstić information content (AvgIpc) is 3.80. The van der Waals surface area contributed by atoms with Gasteiger partial charge in [-0.2, -0.15) is 0 Å². The molecule has 2 aliphatic heterocycles. The second-order valence-corrected chi connectivity index (χ2v) is 19.9. The number of nitrogens with zero attached hydrogens (tertiary/aromatic N) is 3. The van der Waals surface area contributed by atoms with E-state index in [-0.39, 0.29) is 44.1 Å².